The predicted octanol–water partition coefficient (Wildman–Crippen LogP) is 2.77. The molecule has 0 saturated carbocycles. The molecule has 0 saturated heterocycles. The summed E-state index contributed by atoms with van der Waals surface area (Å²) in [5, 5.41) is 0. The maximum absolute atomic E-state index is 5.29. The molecule has 0 amide bonds. The van der Waals surface area contributed by atoms with Crippen molar-refractivity contribution in [3.05, 3.63) is 11.6 Å². The van der Waals surface area contributed by atoms with Crippen molar-refractivity contribution in [1.82, 2.24) is 0 Å². The minimum atomic E-state index is 0.874. The minimum absolute atomic E-state index is 0.874. The zero-order valence-electron chi connectivity index (χ0n) is 7.31. The van der Waals surface area contributed by atoms with Crippen LogP contribution in [0.25, 0.3) is 0 Å². The van der Waals surface area contributed by atoms with E-state index in [0.29, 0.717) is 0 Å². The van der Waals surface area contributed by atoms with Gasteiger partial charge in [-0.25, -0.2) is 0 Å². The molecule has 0 aliphatic carbocycles. The zero-order valence-corrected chi connectivity index (χ0v) is 7.31. The molecule has 0 aromatic carbocycles. The maximum Gasteiger partial charge on any atom is 0.0500 e. The monoisotopic (exact) mass is 142 g/mol. The summed E-state index contributed by atoms with van der Waals surface area (Å²) < 4.78 is 5.29. The average Bonchev–Trinajstić information content (AvgIpc) is 1.87. The first-order valence-electron chi connectivity index (χ1n) is 3.98. The fourth-order valence-electron chi connectivity index (χ4n) is 0.677. The number of ether oxygens (including phenoxy) is 1. The van der Waals surface area contributed by atoms with E-state index in [1.807, 2.05) is 0 Å². The fraction of sp³-hybridized carbons (Fsp3) is 0.778. The Morgan fingerprint density at radius 3 is 2.50 bits per heavy atom. The highest BCUT2D eigenvalue weighted by Crippen LogP contribution is 1.93. The average molecular weight is 142 g/mol. The number of rotatable bonds is 5. The van der Waals surface area contributed by atoms with E-state index < -0.39 is 0 Å². The van der Waals surface area contributed by atoms with Crippen LogP contribution in [-0.2, 0) is 4.74 Å². The number of allylic oxidation sites excluding steroid dienone is 1. The molecule has 0 aliphatic heterocycles. The van der Waals surface area contributed by atoms with Gasteiger partial charge >= 0.3 is 0 Å². The van der Waals surface area contributed by atoms with E-state index in [-0.39, 0.29) is 0 Å². The van der Waals surface area contributed by atoms with Gasteiger partial charge < -0.3 is 4.74 Å². The third-order valence-corrected chi connectivity index (χ3v) is 1.16. The third kappa shape index (κ3) is 7.70. The molecule has 0 radical (unpaired) electrons. The van der Waals surface area contributed by atoms with Gasteiger partial charge in [-0.15, -0.1) is 0 Å². The molecular weight excluding hydrogens is 124 g/mol. The standard InChI is InChI=1S/C9H18O/c1-4-7-10-8-5-6-9(2)3/h6H,4-5,7-8H2,1-3H3. The fourth-order valence-corrected chi connectivity index (χ4v) is 0.677. The Hall–Kier alpha value is -0.300. The molecule has 0 unspecified atom stereocenters. The Bertz CT molecular complexity index is 90.9. The molecule has 0 fully saturated rings. The van der Waals surface area contributed by atoms with Crippen molar-refractivity contribution in [2.24, 2.45) is 0 Å². The van der Waals surface area contributed by atoms with Gasteiger partial charge in [0.15, 0.2) is 0 Å². The second kappa shape index (κ2) is 6.81. The highest BCUT2D eigenvalue weighted by Gasteiger charge is 1.82. The van der Waals surface area contributed by atoms with Crippen molar-refractivity contribution in [3.8, 4) is 0 Å². The lowest BCUT2D eigenvalue weighted by Crippen LogP contribution is -1.93. The van der Waals surface area contributed by atoms with E-state index in [4.69, 9.17) is 4.74 Å². The van der Waals surface area contributed by atoms with E-state index in [0.717, 1.165) is 26.1 Å². The maximum atomic E-state index is 5.29. The van der Waals surface area contributed by atoms with E-state index >= 15 is 0 Å². The first kappa shape index (κ1) is 9.70. The van der Waals surface area contributed by atoms with Gasteiger partial charge in [0.2, 0.25) is 0 Å². The van der Waals surface area contributed by atoms with E-state index in [2.05, 4.69) is 26.8 Å². The van der Waals surface area contributed by atoms with Crippen LogP contribution in [0.1, 0.15) is 33.6 Å². The van der Waals surface area contributed by atoms with Crippen LogP contribution in [-0.4, -0.2) is 13.2 Å². The summed E-state index contributed by atoms with van der Waals surface area (Å²) in [6.07, 6.45) is 4.38. The van der Waals surface area contributed by atoms with Gasteiger partial charge in [0.1, 0.15) is 0 Å². The molecule has 0 rings (SSSR count). The molecule has 1 nitrogen and oxygen atoms in total. The number of hydrogen-bond acceptors (Lipinski definition) is 1. The molecule has 0 aromatic rings. The van der Waals surface area contributed by atoms with Crippen LogP contribution in [0.15, 0.2) is 11.6 Å². The molecule has 0 bridgehead atoms. The normalized spacial score (nSPS) is 9.50. The quantitative estimate of drug-likeness (QED) is 0.423. The van der Waals surface area contributed by atoms with Gasteiger partial charge in [-0.2, -0.15) is 0 Å². The largest absolute Gasteiger partial charge is 0.381 e. The highest BCUT2D eigenvalue weighted by molar-refractivity contribution is 4.92. The Morgan fingerprint density at radius 2 is 2.00 bits per heavy atom. The Balaban J connectivity index is 2.98. The molecule has 0 N–H and O–H groups in total. The lowest BCUT2D eigenvalue weighted by atomic mass is 10.3. The molecule has 0 aliphatic rings. The zero-order chi connectivity index (χ0) is 7.82. The van der Waals surface area contributed by atoms with Crippen molar-refractivity contribution < 1.29 is 4.74 Å². The molecular formula is C9H18O. The van der Waals surface area contributed by atoms with E-state index in [9.17, 15) is 0 Å². The van der Waals surface area contributed by atoms with E-state index in [1.54, 1.807) is 0 Å². The summed E-state index contributed by atoms with van der Waals surface area (Å²) in [6.45, 7) is 8.12. The molecule has 0 atom stereocenters. The van der Waals surface area contributed by atoms with Gasteiger partial charge in [-0.3, -0.25) is 0 Å². The smallest absolute Gasteiger partial charge is 0.0500 e. The van der Waals surface area contributed by atoms with Crippen molar-refractivity contribution in [2.75, 3.05) is 13.2 Å². The lowest BCUT2D eigenvalue weighted by molar-refractivity contribution is 0.139. The molecule has 0 heterocycles. The highest BCUT2D eigenvalue weighted by atomic mass is 16.5. The summed E-state index contributed by atoms with van der Waals surface area (Å²) in [6, 6.07) is 0. The topological polar surface area (TPSA) is 9.23 Å². The van der Waals surface area contributed by atoms with Crippen molar-refractivity contribution in [1.29, 1.82) is 0 Å². The second-order valence-corrected chi connectivity index (χ2v) is 2.68. The predicted molar refractivity (Wildman–Crippen MR) is 45.2 cm³/mol. The SMILES string of the molecule is CCCOCCC=C(C)C. The minimum Gasteiger partial charge on any atom is -0.381 e. The van der Waals surface area contributed by atoms with Gasteiger partial charge in [-0.1, -0.05) is 18.6 Å². The summed E-state index contributed by atoms with van der Waals surface area (Å²) >= 11 is 0. The second-order valence-electron chi connectivity index (χ2n) is 2.68. The van der Waals surface area contributed by atoms with Gasteiger partial charge in [0, 0.05) is 6.61 Å². The Morgan fingerprint density at radius 1 is 1.30 bits per heavy atom. The van der Waals surface area contributed by atoms with Crippen molar-refractivity contribution in [3.63, 3.8) is 0 Å². The first-order chi connectivity index (χ1) is 4.77. The van der Waals surface area contributed by atoms with Crippen LogP contribution in [0.4, 0.5) is 0 Å². The summed E-state index contributed by atoms with van der Waals surface area (Å²) in [7, 11) is 0. The van der Waals surface area contributed by atoms with Gasteiger partial charge in [0.05, 0.1) is 6.61 Å². The van der Waals surface area contributed by atoms with Crippen LogP contribution >= 0.6 is 0 Å². The third-order valence-electron chi connectivity index (χ3n) is 1.16. The van der Waals surface area contributed by atoms with Gasteiger partial charge in [-0.05, 0) is 26.7 Å². The summed E-state index contributed by atoms with van der Waals surface area (Å²) in [4.78, 5) is 0. The van der Waals surface area contributed by atoms with Crippen LogP contribution in [0.2, 0.25) is 0 Å². The van der Waals surface area contributed by atoms with Crippen molar-refractivity contribution >= 4 is 0 Å². The Kier molecular flexibility index (Phi) is 6.61. The first-order valence-corrected chi connectivity index (χ1v) is 3.98. The molecule has 0 aromatic heterocycles. The van der Waals surface area contributed by atoms with Crippen molar-refractivity contribution in [2.45, 2.75) is 33.6 Å². The summed E-state index contributed by atoms with van der Waals surface area (Å²) in [5.41, 5.74) is 1.38. The van der Waals surface area contributed by atoms with Crippen LogP contribution in [0, 0.1) is 0 Å². The van der Waals surface area contributed by atoms with Crippen LogP contribution in [0.3, 0.4) is 0 Å². The number of hydrogen-bond donors (Lipinski definition) is 0. The molecule has 60 valence electrons. The molecule has 1 heteroatoms. The molecule has 0 spiro atoms. The molecule has 10 heavy (non-hydrogen) atoms. The summed E-state index contributed by atoms with van der Waals surface area (Å²) in [5.74, 6) is 0. The van der Waals surface area contributed by atoms with E-state index in [1.165, 1.54) is 5.57 Å². The van der Waals surface area contributed by atoms with Crippen LogP contribution < -0.4 is 0 Å². The van der Waals surface area contributed by atoms with Crippen LogP contribution in [0.5, 0.6) is 0 Å². The Labute approximate surface area is 64.1 Å². The van der Waals surface area contributed by atoms with Gasteiger partial charge in [0.25, 0.3) is 0 Å². The lowest BCUT2D eigenvalue weighted by Gasteiger charge is -1.98.